The summed E-state index contributed by atoms with van der Waals surface area (Å²) in [4.78, 5) is 75.4. The van der Waals surface area contributed by atoms with Crippen LogP contribution in [0, 0.1) is 6.92 Å². The van der Waals surface area contributed by atoms with Gasteiger partial charge in [0.15, 0.2) is 0 Å². The van der Waals surface area contributed by atoms with Crippen molar-refractivity contribution in [1.29, 1.82) is 0 Å². The lowest BCUT2D eigenvalue weighted by Crippen LogP contribution is -2.48. The highest BCUT2D eigenvalue weighted by atomic mass is 16.4. The summed E-state index contributed by atoms with van der Waals surface area (Å²) >= 11 is 0. The van der Waals surface area contributed by atoms with Crippen LogP contribution in [0.4, 0.5) is 16.2 Å². The number of amides is 5. The number of pyridine rings is 2. The standard InChI is InChI=1S/C49H58N8O6/c1-36-16-7-8-21-42(36)56-49(63)53-39-26-24-37(25-27-39)32-46(59)54-43(48(62)55-44(33-47(60)61)38-17-4-2-5-18-38)22-11-14-30-52-45(58)23-6-3-15-31-57(34-40-19-9-12-28-50-40)35-41-20-10-13-29-51-41/h2,4-5,7-10,12-13,16-21,24-29,43-44H,3,6,11,14-15,22-23,30-35H2,1H3,(H,52,58)(H,54,59)(H,55,62)(H,60,61)(H2,53,56,63)/t43-,44-/m0/s1. The Morgan fingerprint density at radius 2 is 1.33 bits per heavy atom. The molecule has 0 radical (unpaired) electrons. The number of carboxylic acids is 1. The van der Waals surface area contributed by atoms with Gasteiger partial charge in [-0.1, -0.05) is 79.2 Å². The second-order valence-corrected chi connectivity index (χ2v) is 15.5. The molecule has 0 saturated carbocycles. The van der Waals surface area contributed by atoms with Crippen LogP contribution in [0.3, 0.4) is 0 Å². The maximum absolute atomic E-state index is 13.7. The predicted octanol–water partition coefficient (Wildman–Crippen LogP) is 7.34. The Hall–Kier alpha value is -6.93. The van der Waals surface area contributed by atoms with E-state index in [0.29, 0.717) is 61.4 Å². The van der Waals surface area contributed by atoms with E-state index in [1.54, 1.807) is 67.0 Å². The molecule has 2 heterocycles. The van der Waals surface area contributed by atoms with Gasteiger partial charge in [0, 0.05) is 49.8 Å². The monoisotopic (exact) mass is 854 g/mol. The van der Waals surface area contributed by atoms with Gasteiger partial charge >= 0.3 is 12.0 Å². The molecule has 14 heteroatoms. The average molecular weight is 855 g/mol. The highest BCUT2D eigenvalue weighted by molar-refractivity contribution is 6.00. The number of nitrogens with zero attached hydrogens (tertiary/aromatic N) is 3. The molecule has 0 aliphatic heterocycles. The molecule has 5 aromatic rings. The van der Waals surface area contributed by atoms with E-state index in [-0.39, 0.29) is 25.2 Å². The molecule has 6 N–H and O–H groups in total. The number of carbonyl (C=O) groups is 5. The number of aromatic nitrogens is 2. The van der Waals surface area contributed by atoms with Crippen LogP contribution < -0.4 is 26.6 Å². The number of aliphatic carboxylic acids is 1. The molecule has 2 atom stereocenters. The highest BCUT2D eigenvalue weighted by Crippen LogP contribution is 2.19. The first-order valence-corrected chi connectivity index (χ1v) is 21.5. The minimum Gasteiger partial charge on any atom is -0.481 e. The van der Waals surface area contributed by atoms with Gasteiger partial charge in [-0.25, -0.2) is 4.79 Å². The lowest BCUT2D eigenvalue weighted by atomic mass is 10.0. The second kappa shape index (κ2) is 25.8. The summed E-state index contributed by atoms with van der Waals surface area (Å²) in [6.45, 7) is 4.59. The molecule has 0 unspecified atom stereocenters. The van der Waals surface area contributed by atoms with Crippen molar-refractivity contribution < 1.29 is 29.1 Å². The third kappa shape index (κ3) is 17.5. The molecule has 5 amide bonds. The number of carboxylic acid groups (broad SMARTS) is 1. The van der Waals surface area contributed by atoms with E-state index >= 15 is 0 Å². The Bertz CT molecular complexity index is 2150. The number of para-hydroxylation sites is 1. The molecule has 0 aliphatic carbocycles. The predicted molar refractivity (Wildman–Crippen MR) is 243 cm³/mol. The number of benzene rings is 3. The van der Waals surface area contributed by atoms with Crippen LogP contribution in [0.25, 0.3) is 0 Å². The average Bonchev–Trinajstić information content (AvgIpc) is 3.27. The highest BCUT2D eigenvalue weighted by Gasteiger charge is 2.25. The summed E-state index contributed by atoms with van der Waals surface area (Å²) in [5, 5.41) is 23.9. The molecule has 0 spiro atoms. The fraction of sp³-hybridized carbons (Fsp3) is 0.327. The SMILES string of the molecule is Cc1ccccc1NC(=O)Nc1ccc(CC(=O)N[C@@H](CCCCNC(=O)CCCCCN(Cc2ccccn2)Cc2ccccn2)C(=O)N[C@@H](CC(=O)O)c2ccccc2)cc1. The Morgan fingerprint density at radius 3 is 1.98 bits per heavy atom. The van der Waals surface area contributed by atoms with E-state index in [1.165, 1.54) is 0 Å². The number of hydrogen-bond acceptors (Lipinski definition) is 8. The molecule has 5 rings (SSSR count). The van der Waals surface area contributed by atoms with Crippen molar-refractivity contribution in [3.63, 3.8) is 0 Å². The fourth-order valence-corrected chi connectivity index (χ4v) is 7.03. The normalized spacial score (nSPS) is 11.8. The zero-order valence-corrected chi connectivity index (χ0v) is 35.8. The number of aryl methyl sites for hydroxylation is 1. The zero-order chi connectivity index (χ0) is 44.7. The molecule has 0 fully saturated rings. The van der Waals surface area contributed by atoms with Crippen molar-refractivity contribution in [2.75, 3.05) is 23.7 Å². The Labute approximate surface area is 369 Å². The molecule has 0 bridgehead atoms. The quantitative estimate of drug-likeness (QED) is 0.0326. The molecular weight excluding hydrogens is 797 g/mol. The first kappa shape index (κ1) is 47.1. The summed E-state index contributed by atoms with van der Waals surface area (Å²) in [5.41, 5.74) is 5.45. The van der Waals surface area contributed by atoms with E-state index in [4.69, 9.17) is 0 Å². The van der Waals surface area contributed by atoms with Crippen molar-refractivity contribution in [2.24, 2.45) is 0 Å². The number of unbranched alkanes of at least 4 members (excludes halogenated alkanes) is 3. The summed E-state index contributed by atoms with van der Waals surface area (Å²) in [6, 6.07) is 32.8. The summed E-state index contributed by atoms with van der Waals surface area (Å²) in [5.74, 6) is -2.01. The van der Waals surface area contributed by atoms with Gasteiger partial charge in [-0.3, -0.25) is 34.0 Å². The number of urea groups is 1. The molecule has 14 nitrogen and oxygen atoms in total. The largest absolute Gasteiger partial charge is 0.481 e. The Morgan fingerprint density at radius 1 is 0.667 bits per heavy atom. The molecule has 330 valence electrons. The van der Waals surface area contributed by atoms with Crippen LogP contribution >= 0.6 is 0 Å². The van der Waals surface area contributed by atoms with Crippen molar-refractivity contribution in [3.05, 3.63) is 156 Å². The summed E-state index contributed by atoms with van der Waals surface area (Å²) < 4.78 is 0. The first-order valence-electron chi connectivity index (χ1n) is 21.5. The number of rotatable bonds is 25. The van der Waals surface area contributed by atoms with E-state index in [9.17, 15) is 29.1 Å². The lowest BCUT2D eigenvalue weighted by Gasteiger charge is -2.23. The van der Waals surface area contributed by atoms with E-state index in [1.807, 2.05) is 67.6 Å². The van der Waals surface area contributed by atoms with Crippen LogP contribution in [0.5, 0.6) is 0 Å². The Balaban J connectivity index is 1.08. The molecule has 0 aliphatic rings. The number of carbonyl (C=O) groups excluding carboxylic acids is 4. The van der Waals surface area contributed by atoms with Crippen molar-refractivity contribution in [1.82, 2.24) is 30.8 Å². The number of hydrogen-bond donors (Lipinski definition) is 6. The zero-order valence-electron chi connectivity index (χ0n) is 35.8. The van der Waals surface area contributed by atoms with Gasteiger partial charge in [-0.2, -0.15) is 0 Å². The van der Waals surface area contributed by atoms with Gasteiger partial charge in [0.1, 0.15) is 6.04 Å². The van der Waals surface area contributed by atoms with Gasteiger partial charge in [-0.15, -0.1) is 0 Å². The third-order valence-electron chi connectivity index (χ3n) is 10.4. The van der Waals surface area contributed by atoms with Crippen LogP contribution in [-0.4, -0.2) is 68.8 Å². The van der Waals surface area contributed by atoms with Gasteiger partial charge < -0.3 is 31.7 Å². The first-order chi connectivity index (χ1) is 30.6. The molecule has 63 heavy (non-hydrogen) atoms. The van der Waals surface area contributed by atoms with E-state index in [2.05, 4.69) is 41.5 Å². The smallest absolute Gasteiger partial charge is 0.323 e. The maximum atomic E-state index is 13.7. The van der Waals surface area contributed by atoms with Crippen molar-refractivity contribution in [2.45, 2.75) is 89.9 Å². The van der Waals surface area contributed by atoms with Gasteiger partial charge in [0.05, 0.1) is 30.3 Å². The Kier molecular flexibility index (Phi) is 19.3. The van der Waals surface area contributed by atoms with Gasteiger partial charge in [0.25, 0.3) is 0 Å². The van der Waals surface area contributed by atoms with Crippen molar-refractivity contribution in [3.8, 4) is 0 Å². The van der Waals surface area contributed by atoms with Crippen molar-refractivity contribution >= 4 is 41.1 Å². The molecule has 3 aromatic carbocycles. The molecular formula is C49H58N8O6. The summed E-state index contributed by atoms with van der Waals surface area (Å²) in [7, 11) is 0. The van der Waals surface area contributed by atoms with Crippen LogP contribution in [0.2, 0.25) is 0 Å². The van der Waals surface area contributed by atoms with Crippen LogP contribution in [0.1, 0.15) is 85.5 Å². The van der Waals surface area contributed by atoms with Gasteiger partial charge in [0.2, 0.25) is 17.7 Å². The number of nitrogens with one attached hydrogen (secondary N) is 5. The van der Waals surface area contributed by atoms with E-state index in [0.717, 1.165) is 42.8 Å². The molecule has 2 aromatic heterocycles. The topological polar surface area (TPSA) is 195 Å². The van der Waals surface area contributed by atoms with Gasteiger partial charge in [-0.05, 0) is 105 Å². The lowest BCUT2D eigenvalue weighted by molar-refractivity contribution is -0.138. The summed E-state index contributed by atoms with van der Waals surface area (Å²) in [6.07, 6.45) is 7.57. The van der Waals surface area contributed by atoms with Crippen LogP contribution in [-0.2, 0) is 38.7 Å². The minimum absolute atomic E-state index is 0.0285. The number of anilines is 2. The third-order valence-corrected chi connectivity index (χ3v) is 10.4. The second-order valence-electron chi connectivity index (χ2n) is 15.5. The minimum atomic E-state index is -1.07. The maximum Gasteiger partial charge on any atom is 0.323 e. The fourth-order valence-electron chi connectivity index (χ4n) is 7.03. The molecule has 0 saturated heterocycles. The van der Waals surface area contributed by atoms with E-state index < -0.39 is 35.9 Å². The van der Waals surface area contributed by atoms with Crippen LogP contribution in [0.15, 0.2) is 128 Å².